The molecule has 20 heavy (non-hydrogen) atoms. The van der Waals surface area contributed by atoms with Gasteiger partial charge in [-0.05, 0) is 24.1 Å². The van der Waals surface area contributed by atoms with Crippen molar-refractivity contribution in [3.63, 3.8) is 0 Å². The van der Waals surface area contributed by atoms with E-state index in [9.17, 15) is 4.79 Å². The van der Waals surface area contributed by atoms with Gasteiger partial charge in [0.25, 0.3) is 0 Å². The maximum atomic E-state index is 11.9. The molecule has 0 spiro atoms. The quantitative estimate of drug-likeness (QED) is 0.897. The summed E-state index contributed by atoms with van der Waals surface area (Å²) in [4.78, 5) is 11.9. The van der Waals surface area contributed by atoms with Gasteiger partial charge >= 0.3 is 0 Å². The van der Waals surface area contributed by atoms with Crippen molar-refractivity contribution in [3.05, 3.63) is 39.2 Å². The number of nitrogens with one attached hydrogen (secondary N) is 1. The highest BCUT2D eigenvalue weighted by atomic mass is 35.5. The Bertz CT molecular complexity index is 520. The molecule has 1 unspecified atom stereocenters. The second-order valence-corrected chi connectivity index (χ2v) is 6.65. The van der Waals surface area contributed by atoms with Crippen LogP contribution in [0.2, 0.25) is 0 Å². The van der Waals surface area contributed by atoms with E-state index in [0.29, 0.717) is 22.4 Å². The molecule has 1 heterocycles. The number of rotatable bonds is 5. The summed E-state index contributed by atoms with van der Waals surface area (Å²) in [6.45, 7) is 0.582. The number of benzene rings is 1. The van der Waals surface area contributed by atoms with Gasteiger partial charge in [-0.25, -0.2) is 0 Å². The van der Waals surface area contributed by atoms with Crippen LogP contribution in [0.1, 0.15) is 12.0 Å². The lowest BCUT2D eigenvalue weighted by Gasteiger charge is -2.10. The van der Waals surface area contributed by atoms with Crippen LogP contribution in [0.3, 0.4) is 0 Å². The smallest absolute Gasteiger partial charge is 0.233 e. The largest absolute Gasteiger partial charge is 0.497 e. The molecule has 0 fully saturated rings. The molecule has 1 aliphatic heterocycles. The number of halogens is 2. The molecule has 3 nitrogen and oxygen atoms in total. The minimum atomic E-state index is -0.208. The summed E-state index contributed by atoms with van der Waals surface area (Å²) in [5, 5.41) is 3.27. The molecule has 6 heteroatoms. The van der Waals surface area contributed by atoms with Gasteiger partial charge in [-0.3, -0.25) is 4.79 Å². The van der Waals surface area contributed by atoms with Gasteiger partial charge in [-0.2, -0.15) is 0 Å². The fourth-order valence-corrected chi connectivity index (χ4v) is 3.57. The Kier molecular flexibility index (Phi) is 5.64. The molecule has 0 aliphatic carbocycles. The molecule has 1 aromatic carbocycles. The van der Waals surface area contributed by atoms with Crippen molar-refractivity contribution < 1.29 is 9.53 Å². The van der Waals surface area contributed by atoms with E-state index < -0.39 is 0 Å². The molecule has 0 aromatic heterocycles. The van der Waals surface area contributed by atoms with Crippen molar-refractivity contribution in [2.45, 2.75) is 18.1 Å². The van der Waals surface area contributed by atoms with Crippen LogP contribution >= 0.6 is 35.0 Å². The number of carbonyl (C=O) groups is 1. The number of allylic oxidation sites excluding steroid dienone is 1. The average Bonchev–Trinajstić information content (AvgIpc) is 2.79. The molecule has 0 radical (unpaired) electrons. The van der Waals surface area contributed by atoms with Crippen LogP contribution in [0.4, 0.5) is 0 Å². The third-order valence-electron chi connectivity index (χ3n) is 2.96. The molecule has 0 saturated carbocycles. The standard InChI is InChI=1S/C14H15Cl2NO2S/c1-19-10-4-2-3-9(7-10)5-6-17-14(18)12-8-11(15)13(16)20-12/h2-4,7,12H,5-6,8H2,1H3,(H,17,18). The van der Waals surface area contributed by atoms with E-state index in [0.717, 1.165) is 17.7 Å². The Morgan fingerprint density at radius 2 is 2.30 bits per heavy atom. The van der Waals surface area contributed by atoms with Crippen molar-refractivity contribution in [2.24, 2.45) is 0 Å². The van der Waals surface area contributed by atoms with E-state index in [4.69, 9.17) is 27.9 Å². The van der Waals surface area contributed by atoms with Crippen molar-refractivity contribution >= 4 is 40.9 Å². The lowest BCUT2D eigenvalue weighted by atomic mass is 10.1. The summed E-state index contributed by atoms with van der Waals surface area (Å²) < 4.78 is 5.69. The van der Waals surface area contributed by atoms with Crippen LogP contribution in [0.25, 0.3) is 0 Å². The molecular formula is C14H15Cl2NO2S. The normalized spacial score (nSPS) is 18.2. The Morgan fingerprint density at radius 3 is 2.95 bits per heavy atom. The number of amides is 1. The first-order valence-electron chi connectivity index (χ1n) is 6.21. The molecule has 1 amide bonds. The number of methoxy groups -OCH3 is 1. The highest BCUT2D eigenvalue weighted by molar-refractivity contribution is 8.06. The first-order chi connectivity index (χ1) is 9.60. The molecule has 1 N–H and O–H groups in total. The highest BCUT2D eigenvalue weighted by Crippen LogP contribution is 2.41. The zero-order chi connectivity index (χ0) is 14.5. The number of hydrogen-bond donors (Lipinski definition) is 1. The summed E-state index contributed by atoms with van der Waals surface area (Å²) in [5.74, 6) is 0.801. The molecule has 2 rings (SSSR count). The summed E-state index contributed by atoms with van der Waals surface area (Å²) in [6, 6.07) is 7.80. The number of thioether (sulfide) groups is 1. The van der Waals surface area contributed by atoms with Gasteiger partial charge in [0.05, 0.1) is 16.7 Å². The molecule has 1 atom stereocenters. The van der Waals surface area contributed by atoms with Gasteiger partial charge in [0.2, 0.25) is 5.91 Å². The second-order valence-electron chi connectivity index (χ2n) is 4.38. The summed E-state index contributed by atoms with van der Waals surface area (Å²) >= 11 is 13.1. The van der Waals surface area contributed by atoms with Crippen molar-refractivity contribution in [3.8, 4) is 5.75 Å². The zero-order valence-corrected chi connectivity index (χ0v) is 13.3. The maximum Gasteiger partial charge on any atom is 0.233 e. The van der Waals surface area contributed by atoms with Crippen LogP contribution < -0.4 is 10.1 Å². The van der Waals surface area contributed by atoms with Gasteiger partial charge in [-0.1, -0.05) is 47.1 Å². The summed E-state index contributed by atoms with van der Waals surface area (Å²) in [7, 11) is 1.64. The number of ether oxygens (including phenoxy) is 1. The van der Waals surface area contributed by atoms with Crippen molar-refractivity contribution in [1.82, 2.24) is 5.32 Å². The Morgan fingerprint density at radius 1 is 1.50 bits per heavy atom. The van der Waals surface area contributed by atoms with Crippen LogP contribution in [-0.4, -0.2) is 24.8 Å². The van der Waals surface area contributed by atoms with E-state index in [1.165, 1.54) is 11.8 Å². The molecular weight excluding hydrogens is 317 g/mol. The Labute approximate surface area is 132 Å². The van der Waals surface area contributed by atoms with Gasteiger partial charge in [-0.15, -0.1) is 0 Å². The van der Waals surface area contributed by atoms with Crippen molar-refractivity contribution in [2.75, 3.05) is 13.7 Å². The van der Waals surface area contributed by atoms with Gasteiger partial charge in [0.1, 0.15) is 5.75 Å². The van der Waals surface area contributed by atoms with Gasteiger partial charge in [0.15, 0.2) is 0 Å². The van der Waals surface area contributed by atoms with Crippen LogP contribution in [-0.2, 0) is 11.2 Å². The van der Waals surface area contributed by atoms with E-state index in [1.54, 1.807) is 7.11 Å². The van der Waals surface area contributed by atoms with Crippen LogP contribution in [0, 0.1) is 0 Å². The van der Waals surface area contributed by atoms with E-state index in [1.807, 2.05) is 24.3 Å². The Balaban J connectivity index is 1.77. The number of carbonyl (C=O) groups excluding carboxylic acids is 1. The zero-order valence-electron chi connectivity index (χ0n) is 11.0. The van der Waals surface area contributed by atoms with Crippen molar-refractivity contribution in [1.29, 1.82) is 0 Å². The van der Waals surface area contributed by atoms with Gasteiger partial charge in [0, 0.05) is 18.0 Å². The highest BCUT2D eigenvalue weighted by Gasteiger charge is 2.28. The predicted molar refractivity (Wildman–Crippen MR) is 84.4 cm³/mol. The lowest BCUT2D eigenvalue weighted by molar-refractivity contribution is -0.120. The third-order valence-corrected chi connectivity index (χ3v) is 5.13. The van der Waals surface area contributed by atoms with E-state index in [-0.39, 0.29) is 11.2 Å². The first kappa shape index (κ1) is 15.5. The van der Waals surface area contributed by atoms with E-state index in [2.05, 4.69) is 5.32 Å². The third kappa shape index (κ3) is 4.08. The lowest BCUT2D eigenvalue weighted by Crippen LogP contribution is -2.33. The van der Waals surface area contributed by atoms with Crippen LogP contribution in [0.5, 0.6) is 5.75 Å². The molecule has 0 bridgehead atoms. The SMILES string of the molecule is COc1cccc(CCNC(=O)C2CC(Cl)=C(Cl)S2)c1. The minimum absolute atomic E-state index is 0.0216. The van der Waals surface area contributed by atoms with E-state index >= 15 is 0 Å². The maximum absolute atomic E-state index is 11.9. The Hall–Kier alpha value is -0.840. The average molecular weight is 332 g/mol. The fourth-order valence-electron chi connectivity index (χ4n) is 1.89. The molecule has 108 valence electrons. The van der Waals surface area contributed by atoms with Gasteiger partial charge < -0.3 is 10.1 Å². The monoisotopic (exact) mass is 331 g/mol. The molecule has 0 saturated heterocycles. The first-order valence-corrected chi connectivity index (χ1v) is 7.85. The summed E-state index contributed by atoms with van der Waals surface area (Å²) in [6.07, 6.45) is 1.27. The minimum Gasteiger partial charge on any atom is -0.497 e. The molecule has 1 aliphatic rings. The summed E-state index contributed by atoms with van der Waals surface area (Å²) in [5.41, 5.74) is 1.12. The predicted octanol–water partition coefficient (Wildman–Crippen LogP) is 3.51. The fraction of sp³-hybridized carbons (Fsp3) is 0.357. The topological polar surface area (TPSA) is 38.3 Å². The number of hydrogen-bond acceptors (Lipinski definition) is 3. The second kappa shape index (κ2) is 7.25. The van der Waals surface area contributed by atoms with Crippen LogP contribution in [0.15, 0.2) is 33.7 Å². The molecule has 1 aromatic rings.